The van der Waals surface area contributed by atoms with E-state index in [2.05, 4.69) is 43.3 Å². The van der Waals surface area contributed by atoms with Crippen LogP contribution in [0.3, 0.4) is 0 Å². The third-order valence-electron chi connectivity index (χ3n) is 2.84. The first-order valence-corrected chi connectivity index (χ1v) is 7.15. The first-order chi connectivity index (χ1) is 8.22. The summed E-state index contributed by atoms with van der Waals surface area (Å²) < 4.78 is 1.13. The monoisotopic (exact) mass is 309 g/mol. The van der Waals surface area contributed by atoms with Gasteiger partial charge in [-0.2, -0.15) is 0 Å². The molecule has 0 bridgehead atoms. The average molecular weight is 310 g/mol. The van der Waals surface area contributed by atoms with Gasteiger partial charge in [-0.1, -0.05) is 0 Å². The summed E-state index contributed by atoms with van der Waals surface area (Å²) in [4.78, 5) is 10.4. The molecule has 0 spiro atoms. The quantitative estimate of drug-likeness (QED) is 0.927. The summed E-state index contributed by atoms with van der Waals surface area (Å²) in [5.74, 6) is 1.46. The van der Waals surface area contributed by atoms with Crippen molar-refractivity contribution in [1.82, 2.24) is 15.3 Å². The van der Waals surface area contributed by atoms with Gasteiger partial charge in [0.15, 0.2) is 0 Å². The first-order valence-electron chi connectivity index (χ1n) is 5.54. The molecule has 0 aliphatic carbocycles. The van der Waals surface area contributed by atoms with Gasteiger partial charge < -0.3 is 5.32 Å². The minimum atomic E-state index is 0.483. The zero-order valence-electron chi connectivity index (χ0n) is 9.40. The SMILES string of the molecule is Cc1cc(-c2ccc(Br)s2)nc(C2CNC2)n1. The van der Waals surface area contributed by atoms with Crippen molar-refractivity contribution in [3.05, 3.63) is 33.5 Å². The van der Waals surface area contributed by atoms with Crippen LogP contribution in [-0.2, 0) is 0 Å². The Bertz CT molecular complexity index is 548. The normalized spacial score (nSPS) is 15.9. The van der Waals surface area contributed by atoms with Crippen LogP contribution in [0, 0.1) is 6.92 Å². The lowest BCUT2D eigenvalue weighted by Crippen LogP contribution is -2.40. The number of thiophene rings is 1. The molecule has 0 atom stereocenters. The molecule has 88 valence electrons. The molecule has 0 unspecified atom stereocenters. The molecule has 1 N–H and O–H groups in total. The van der Waals surface area contributed by atoms with Crippen LogP contribution in [0.25, 0.3) is 10.6 Å². The second kappa shape index (κ2) is 4.48. The Morgan fingerprint density at radius 3 is 2.76 bits per heavy atom. The largest absolute Gasteiger partial charge is 0.315 e. The zero-order valence-corrected chi connectivity index (χ0v) is 11.8. The van der Waals surface area contributed by atoms with E-state index in [-0.39, 0.29) is 0 Å². The van der Waals surface area contributed by atoms with E-state index in [0.717, 1.165) is 34.1 Å². The predicted molar refractivity (Wildman–Crippen MR) is 73.4 cm³/mol. The van der Waals surface area contributed by atoms with Gasteiger partial charge in [0.05, 0.1) is 14.4 Å². The van der Waals surface area contributed by atoms with Crippen molar-refractivity contribution in [2.24, 2.45) is 0 Å². The van der Waals surface area contributed by atoms with Gasteiger partial charge in [0.25, 0.3) is 0 Å². The smallest absolute Gasteiger partial charge is 0.134 e. The topological polar surface area (TPSA) is 37.8 Å². The van der Waals surface area contributed by atoms with E-state index < -0.39 is 0 Å². The molecule has 3 rings (SSSR count). The van der Waals surface area contributed by atoms with Crippen molar-refractivity contribution >= 4 is 27.3 Å². The van der Waals surface area contributed by atoms with E-state index >= 15 is 0 Å². The van der Waals surface area contributed by atoms with Crippen LogP contribution < -0.4 is 5.32 Å². The van der Waals surface area contributed by atoms with Gasteiger partial charge in [-0.05, 0) is 41.1 Å². The van der Waals surface area contributed by atoms with Crippen LogP contribution in [0.4, 0.5) is 0 Å². The lowest BCUT2D eigenvalue weighted by Gasteiger charge is -2.25. The Morgan fingerprint density at radius 1 is 1.35 bits per heavy atom. The van der Waals surface area contributed by atoms with E-state index in [9.17, 15) is 0 Å². The van der Waals surface area contributed by atoms with Gasteiger partial charge in [0, 0.05) is 24.7 Å². The Kier molecular flexibility index (Phi) is 2.98. The second-order valence-corrected chi connectivity index (χ2v) is 6.67. The second-order valence-electron chi connectivity index (χ2n) is 4.21. The molecule has 2 aromatic heterocycles. The molecule has 3 nitrogen and oxygen atoms in total. The van der Waals surface area contributed by atoms with E-state index in [0.29, 0.717) is 5.92 Å². The van der Waals surface area contributed by atoms with Crippen molar-refractivity contribution in [3.63, 3.8) is 0 Å². The highest BCUT2D eigenvalue weighted by atomic mass is 79.9. The summed E-state index contributed by atoms with van der Waals surface area (Å²) in [5, 5.41) is 3.26. The maximum Gasteiger partial charge on any atom is 0.134 e. The van der Waals surface area contributed by atoms with Crippen LogP contribution in [0.5, 0.6) is 0 Å². The molecule has 0 aromatic carbocycles. The predicted octanol–water partition coefficient (Wildman–Crippen LogP) is 2.96. The fourth-order valence-corrected chi connectivity index (χ4v) is 3.17. The maximum absolute atomic E-state index is 4.68. The third-order valence-corrected chi connectivity index (χ3v) is 4.49. The highest BCUT2D eigenvalue weighted by Gasteiger charge is 2.22. The third kappa shape index (κ3) is 2.27. The Balaban J connectivity index is 2.01. The van der Waals surface area contributed by atoms with Crippen LogP contribution >= 0.6 is 27.3 Å². The van der Waals surface area contributed by atoms with Crippen molar-refractivity contribution in [1.29, 1.82) is 0 Å². The van der Waals surface area contributed by atoms with Crippen molar-refractivity contribution in [2.75, 3.05) is 13.1 Å². The van der Waals surface area contributed by atoms with E-state index in [1.807, 2.05) is 13.0 Å². The Morgan fingerprint density at radius 2 is 2.18 bits per heavy atom. The molecule has 3 heterocycles. The molecule has 1 saturated heterocycles. The molecule has 5 heteroatoms. The lowest BCUT2D eigenvalue weighted by atomic mass is 10.0. The van der Waals surface area contributed by atoms with Crippen LogP contribution in [-0.4, -0.2) is 23.1 Å². The summed E-state index contributed by atoms with van der Waals surface area (Å²) >= 11 is 5.19. The molecule has 1 aliphatic rings. The molecule has 17 heavy (non-hydrogen) atoms. The van der Waals surface area contributed by atoms with Gasteiger partial charge in [-0.15, -0.1) is 11.3 Å². The molecule has 0 radical (unpaired) electrons. The van der Waals surface area contributed by atoms with Crippen LogP contribution in [0.2, 0.25) is 0 Å². The fourth-order valence-electron chi connectivity index (χ4n) is 1.82. The van der Waals surface area contributed by atoms with Crippen molar-refractivity contribution in [2.45, 2.75) is 12.8 Å². The van der Waals surface area contributed by atoms with E-state index in [1.54, 1.807) is 11.3 Å². The number of nitrogens with zero attached hydrogens (tertiary/aromatic N) is 2. The lowest BCUT2D eigenvalue weighted by molar-refractivity contribution is 0.429. The molecule has 1 fully saturated rings. The highest BCUT2D eigenvalue weighted by Crippen LogP contribution is 2.31. The number of aryl methyl sites for hydroxylation is 1. The average Bonchev–Trinajstić information content (AvgIpc) is 2.61. The highest BCUT2D eigenvalue weighted by molar-refractivity contribution is 9.11. The molecular weight excluding hydrogens is 298 g/mol. The molecule has 2 aromatic rings. The molecule has 0 saturated carbocycles. The maximum atomic E-state index is 4.68. The minimum Gasteiger partial charge on any atom is -0.315 e. The van der Waals surface area contributed by atoms with E-state index in [1.165, 1.54) is 4.88 Å². The fraction of sp³-hybridized carbons (Fsp3) is 0.333. The van der Waals surface area contributed by atoms with Gasteiger partial charge in [-0.25, -0.2) is 9.97 Å². The van der Waals surface area contributed by atoms with Crippen molar-refractivity contribution in [3.8, 4) is 10.6 Å². The van der Waals surface area contributed by atoms with Gasteiger partial charge in [0.2, 0.25) is 0 Å². The van der Waals surface area contributed by atoms with Crippen LogP contribution in [0.15, 0.2) is 22.0 Å². The standard InChI is InChI=1S/C12H12BrN3S/c1-7-4-9(10-2-3-11(13)17-10)16-12(15-7)8-5-14-6-8/h2-4,8,14H,5-6H2,1H3. The number of halogens is 1. The zero-order chi connectivity index (χ0) is 11.8. The summed E-state index contributed by atoms with van der Waals surface area (Å²) in [7, 11) is 0. The minimum absolute atomic E-state index is 0.483. The van der Waals surface area contributed by atoms with Crippen LogP contribution in [0.1, 0.15) is 17.4 Å². The van der Waals surface area contributed by atoms with Gasteiger partial charge in [0.1, 0.15) is 5.82 Å². The number of rotatable bonds is 2. The Hall–Kier alpha value is -0.780. The number of aromatic nitrogens is 2. The molecule has 1 aliphatic heterocycles. The number of nitrogens with one attached hydrogen (secondary N) is 1. The summed E-state index contributed by atoms with van der Waals surface area (Å²) in [6.07, 6.45) is 0. The summed E-state index contributed by atoms with van der Waals surface area (Å²) in [6, 6.07) is 6.20. The van der Waals surface area contributed by atoms with Gasteiger partial charge >= 0.3 is 0 Å². The molecular formula is C12H12BrN3S. The van der Waals surface area contributed by atoms with Gasteiger partial charge in [-0.3, -0.25) is 0 Å². The van der Waals surface area contributed by atoms with E-state index in [4.69, 9.17) is 0 Å². The Labute approximate surface area is 112 Å². The number of hydrogen-bond acceptors (Lipinski definition) is 4. The summed E-state index contributed by atoms with van der Waals surface area (Å²) in [6.45, 7) is 4.03. The number of hydrogen-bond donors (Lipinski definition) is 1. The first kappa shape index (κ1) is 11.3. The van der Waals surface area contributed by atoms with Crippen molar-refractivity contribution < 1.29 is 0 Å². The summed E-state index contributed by atoms with van der Waals surface area (Å²) in [5.41, 5.74) is 2.08. The molecule has 0 amide bonds.